The normalized spacial score (nSPS) is 13.2. The highest BCUT2D eigenvalue weighted by Crippen LogP contribution is 2.28. The number of anilines is 1. The van der Waals surface area contributed by atoms with Gasteiger partial charge in [0, 0.05) is 12.6 Å². The van der Waals surface area contributed by atoms with Crippen LogP contribution in [0, 0.1) is 0 Å². The predicted molar refractivity (Wildman–Crippen MR) is 70.7 cm³/mol. The van der Waals surface area contributed by atoms with Crippen LogP contribution in [0.5, 0.6) is 11.5 Å². The minimum absolute atomic E-state index is 0. The van der Waals surface area contributed by atoms with Crippen molar-refractivity contribution in [2.75, 3.05) is 32.6 Å². The fourth-order valence-electron chi connectivity index (χ4n) is 1.51. The first-order valence-electron chi connectivity index (χ1n) is 5.11. The molecule has 0 aliphatic carbocycles. The SMILES string of the molecule is COc1ccc(NC2=NCCN2)c(OC)c1.Cl. The number of guanidine groups is 1. The van der Waals surface area contributed by atoms with E-state index < -0.39 is 0 Å². The molecule has 1 aliphatic heterocycles. The molecule has 0 fully saturated rings. The van der Waals surface area contributed by atoms with Crippen LogP contribution in [0.3, 0.4) is 0 Å². The summed E-state index contributed by atoms with van der Waals surface area (Å²) < 4.78 is 10.4. The molecule has 2 rings (SSSR count). The Bertz CT molecular complexity index is 410. The summed E-state index contributed by atoms with van der Waals surface area (Å²) in [5.74, 6) is 2.28. The third-order valence-electron chi connectivity index (χ3n) is 2.34. The van der Waals surface area contributed by atoms with E-state index in [4.69, 9.17) is 9.47 Å². The number of nitrogens with one attached hydrogen (secondary N) is 2. The van der Waals surface area contributed by atoms with E-state index in [-0.39, 0.29) is 12.4 Å². The lowest BCUT2D eigenvalue weighted by Gasteiger charge is -2.12. The molecule has 17 heavy (non-hydrogen) atoms. The smallest absolute Gasteiger partial charge is 0.196 e. The van der Waals surface area contributed by atoms with Crippen LogP contribution in [-0.2, 0) is 0 Å². The van der Waals surface area contributed by atoms with Crippen molar-refractivity contribution in [2.24, 2.45) is 4.99 Å². The third-order valence-corrected chi connectivity index (χ3v) is 2.34. The molecule has 0 unspecified atom stereocenters. The van der Waals surface area contributed by atoms with Gasteiger partial charge in [-0.25, -0.2) is 0 Å². The van der Waals surface area contributed by atoms with E-state index in [9.17, 15) is 0 Å². The number of ether oxygens (including phenoxy) is 2. The molecule has 0 radical (unpaired) electrons. The molecule has 0 saturated carbocycles. The van der Waals surface area contributed by atoms with Crippen LogP contribution in [0.4, 0.5) is 5.69 Å². The van der Waals surface area contributed by atoms with E-state index in [1.165, 1.54) is 0 Å². The molecule has 1 aliphatic rings. The highest BCUT2D eigenvalue weighted by atomic mass is 35.5. The molecule has 6 heteroatoms. The lowest BCUT2D eigenvalue weighted by molar-refractivity contribution is 0.395. The van der Waals surface area contributed by atoms with Gasteiger partial charge in [0.25, 0.3) is 0 Å². The standard InChI is InChI=1S/C11H15N3O2.ClH/c1-15-8-3-4-9(10(7-8)16-2)14-11-12-5-6-13-11;/h3-4,7H,5-6H2,1-2H3,(H2,12,13,14);1H. The number of hydrogen-bond donors (Lipinski definition) is 2. The van der Waals surface area contributed by atoms with Crippen LogP contribution in [-0.4, -0.2) is 33.3 Å². The van der Waals surface area contributed by atoms with Crippen LogP contribution in [0.25, 0.3) is 0 Å². The number of methoxy groups -OCH3 is 2. The molecular formula is C11H16ClN3O2. The van der Waals surface area contributed by atoms with E-state index in [0.29, 0.717) is 0 Å². The Morgan fingerprint density at radius 3 is 2.71 bits per heavy atom. The van der Waals surface area contributed by atoms with E-state index in [1.54, 1.807) is 14.2 Å². The first kappa shape index (κ1) is 13.4. The zero-order valence-corrected chi connectivity index (χ0v) is 10.6. The Balaban J connectivity index is 0.00000144. The summed E-state index contributed by atoms with van der Waals surface area (Å²) in [6.07, 6.45) is 0. The van der Waals surface area contributed by atoms with Gasteiger partial charge in [0.05, 0.1) is 26.5 Å². The van der Waals surface area contributed by atoms with Crippen molar-refractivity contribution >= 4 is 24.1 Å². The van der Waals surface area contributed by atoms with Gasteiger partial charge >= 0.3 is 0 Å². The number of rotatable bonds is 3. The third kappa shape index (κ3) is 3.17. The Labute approximate surface area is 107 Å². The fourth-order valence-corrected chi connectivity index (χ4v) is 1.51. The van der Waals surface area contributed by atoms with E-state index in [1.807, 2.05) is 18.2 Å². The highest BCUT2D eigenvalue weighted by Gasteiger charge is 2.09. The highest BCUT2D eigenvalue weighted by molar-refractivity contribution is 5.95. The Morgan fingerprint density at radius 1 is 1.29 bits per heavy atom. The van der Waals surface area contributed by atoms with E-state index in [0.717, 1.165) is 36.2 Å². The van der Waals surface area contributed by atoms with Gasteiger partial charge in [-0.2, -0.15) is 0 Å². The minimum Gasteiger partial charge on any atom is -0.497 e. The number of halogens is 1. The first-order valence-corrected chi connectivity index (χ1v) is 5.11. The average molecular weight is 258 g/mol. The van der Waals surface area contributed by atoms with Crippen LogP contribution in [0.15, 0.2) is 23.2 Å². The zero-order valence-electron chi connectivity index (χ0n) is 9.82. The second-order valence-electron chi connectivity index (χ2n) is 3.35. The molecule has 0 atom stereocenters. The molecule has 0 aromatic heterocycles. The number of aliphatic imine (C=N–C) groups is 1. The van der Waals surface area contributed by atoms with Crippen molar-refractivity contribution in [3.05, 3.63) is 18.2 Å². The molecule has 0 amide bonds. The fraction of sp³-hybridized carbons (Fsp3) is 0.364. The summed E-state index contributed by atoms with van der Waals surface area (Å²) in [6, 6.07) is 5.61. The van der Waals surface area contributed by atoms with Gasteiger partial charge in [0.2, 0.25) is 0 Å². The summed E-state index contributed by atoms with van der Waals surface area (Å²) in [5, 5.41) is 6.31. The molecule has 94 valence electrons. The molecule has 1 aromatic carbocycles. The minimum atomic E-state index is 0. The van der Waals surface area contributed by atoms with Gasteiger partial charge in [0.15, 0.2) is 5.96 Å². The van der Waals surface area contributed by atoms with Crippen LogP contribution < -0.4 is 20.1 Å². The molecular weight excluding hydrogens is 242 g/mol. The maximum Gasteiger partial charge on any atom is 0.196 e. The second kappa shape index (κ2) is 6.20. The second-order valence-corrected chi connectivity index (χ2v) is 3.35. The zero-order chi connectivity index (χ0) is 11.4. The van der Waals surface area contributed by atoms with Crippen molar-refractivity contribution in [3.8, 4) is 11.5 Å². The van der Waals surface area contributed by atoms with Gasteiger partial charge in [-0.1, -0.05) is 0 Å². The number of hydrogen-bond acceptors (Lipinski definition) is 5. The van der Waals surface area contributed by atoms with Gasteiger partial charge in [-0.15, -0.1) is 12.4 Å². The van der Waals surface area contributed by atoms with Crippen molar-refractivity contribution < 1.29 is 9.47 Å². The average Bonchev–Trinajstić information content (AvgIpc) is 2.82. The predicted octanol–water partition coefficient (Wildman–Crippen LogP) is 1.50. The lowest BCUT2D eigenvalue weighted by atomic mass is 10.2. The summed E-state index contributed by atoms with van der Waals surface area (Å²) in [5.41, 5.74) is 0.872. The summed E-state index contributed by atoms with van der Waals surface area (Å²) >= 11 is 0. The molecule has 2 N–H and O–H groups in total. The van der Waals surface area contributed by atoms with Crippen molar-refractivity contribution in [2.45, 2.75) is 0 Å². The van der Waals surface area contributed by atoms with Crippen molar-refractivity contribution in [3.63, 3.8) is 0 Å². The van der Waals surface area contributed by atoms with Gasteiger partial charge in [0.1, 0.15) is 11.5 Å². The maximum atomic E-state index is 5.27. The van der Waals surface area contributed by atoms with Crippen LogP contribution in [0.1, 0.15) is 0 Å². The van der Waals surface area contributed by atoms with Crippen LogP contribution in [0.2, 0.25) is 0 Å². The molecule has 0 spiro atoms. The molecule has 0 bridgehead atoms. The van der Waals surface area contributed by atoms with Crippen molar-refractivity contribution in [1.82, 2.24) is 5.32 Å². The number of benzene rings is 1. The Kier molecular flexibility index (Phi) is 4.90. The quantitative estimate of drug-likeness (QED) is 0.862. The molecule has 0 saturated heterocycles. The largest absolute Gasteiger partial charge is 0.497 e. The van der Waals surface area contributed by atoms with Crippen LogP contribution >= 0.6 is 12.4 Å². The van der Waals surface area contributed by atoms with Gasteiger partial charge in [-0.05, 0) is 12.1 Å². The number of nitrogens with zero attached hydrogens (tertiary/aromatic N) is 1. The molecule has 1 aromatic rings. The van der Waals surface area contributed by atoms with Crippen molar-refractivity contribution in [1.29, 1.82) is 0 Å². The van der Waals surface area contributed by atoms with E-state index in [2.05, 4.69) is 15.6 Å². The van der Waals surface area contributed by atoms with Gasteiger partial charge in [-0.3, -0.25) is 4.99 Å². The lowest BCUT2D eigenvalue weighted by Crippen LogP contribution is -2.26. The summed E-state index contributed by atoms with van der Waals surface area (Å²) in [7, 11) is 3.26. The molecule has 5 nitrogen and oxygen atoms in total. The monoisotopic (exact) mass is 257 g/mol. The summed E-state index contributed by atoms with van der Waals surface area (Å²) in [4.78, 5) is 4.26. The first-order chi connectivity index (χ1) is 7.83. The molecule has 1 heterocycles. The topological polar surface area (TPSA) is 54.9 Å². The Morgan fingerprint density at radius 2 is 2.12 bits per heavy atom. The summed E-state index contributed by atoms with van der Waals surface area (Å²) in [6.45, 7) is 1.68. The van der Waals surface area contributed by atoms with Gasteiger partial charge < -0.3 is 20.1 Å². The maximum absolute atomic E-state index is 5.27. The van der Waals surface area contributed by atoms with E-state index >= 15 is 0 Å². The Hall–Kier alpha value is -1.62.